The number of benzene rings is 1. The van der Waals surface area contributed by atoms with Crippen LogP contribution in [-0.4, -0.2) is 29.7 Å². The zero-order chi connectivity index (χ0) is 13.2. The second-order valence-corrected chi connectivity index (χ2v) is 4.35. The molecule has 6 nitrogen and oxygen atoms in total. The van der Waals surface area contributed by atoms with Gasteiger partial charge in [-0.15, -0.1) is 0 Å². The van der Waals surface area contributed by atoms with Crippen LogP contribution in [0.3, 0.4) is 0 Å². The molecule has 0 radical (unpaired) electrons. The van der Waals surface area contributed by atoms with Crippen LogP contribution in [0.5, 0.6) is 0 Å². The van der Waals surface area contributed by atoms with Gasteiger partial charge >= 0.3 is 0 Å². The van der Waals surface area contributed by atoms with E-state index in [2.05, 4.69) is 25.0 Å². The molecule has 3 rings (SSSR count). The van der Waals surface area contributed by atoms with Crippen LogP contribution in [0.4, 0.5) is 0 Å². The molecule has 0 aliphatic heterocycles. The van der Waals surface area contributed by atoms with Gasteiger partial charge in [0.15, 0.2) is 5.82 Å². The lowest BCUT2D eigenvalue weighted by Crippen LogP contribution is -2.05. The Morgan fingerprint density at radius 1 is 0.947 bits per heavy atom. The van der Waals surface area contributed by atoms with Crippen molar-refractivity contribution in [1.82, 2.24) is 29.7 Å². The highest BCUT2D eigenvalue weighted by Crippen LogP contribution is 2.19. The van der Waals surface area contributed by atoms with E-state index < -0.39 is 0 Å². The normalized spacial score (nSPS) is 10.6. The van der Waals surface area contributed by atoms with Crippen molar-refractivity contribution in [2.24, 2.45) is 0 Å². The zero-order valence-electron chi connectivity index (χ0n) is 9.40. The van der Waals surface area contributed by atoms with Crippen molar-refractivity contribution in [3.8, 4) is 17.3 Å². The smallest absolute Gasteiger partial charge is 0.223 e. The average molecular weight is 293 g/mol. The van der Waals surface area contributed by atoms with Gasteiger partial charge < -0.3 is 0 Å². The maximum absolute atomic E-state index is 5.90. The number of aromatic nitrogens is 6. The minimum absolute atomic E-state index is 0.0884. The molecule has 8 heteroatoms. The molecule has 0 atom stereocenters. The standard InChI is InChI=1S/C11H6Cl2N6/c12-8-3-1-7(2-4-8)9-16-10(13)18-11(17-9)19-6-14-5-15-19/h1-6H. The number of nitrogens with zero attached hydrogens (tertiary/aromatic N) is 6. The highest BCUT2D eigenvalue weighted by Gasteiger charge is 2.09. The summed E-state index contributed by atoms with van der Waals surface area (Å²) in [5, 5.41) is 4.68. The van der Waals surface area contributed by atoms with Crippen LogP contribution < -0.4 is 0 Å². The molecule has 0 saturated heterocycles. The van der Waals surface area contributed by atoms with Crippen molar-refractivity contribution in [1.29, 1.82) is 0 Å². The predicted molar refractivity (Wildman–Crippen MR) is 70.2 cm³/mol. The van der Waals surface area contributed by atoms with Gasteiger partial charge in [-0.05, 0) is 35.9 Å². The molecule has 0 amide bonds. The molecule has 3 aromatic rings. The zero-order valence-corrected chi connectivity index (χ0v) is 10.9. The predicted octanol–water partition coefficient (Wildman–Crippen LogP) is 2.43. The van der Waals surface area contributed by atoms with Gasteiger partial charge in [-0.2, -0.15) is 24.7 Å². The van der Waals surface area contributed by atoms with Crippen molar-refractivity contribution >= 4 is 23.2 Å². The van der Waals surface area contributed by atoms with E-state index in [1.54, 1.807) is 24.3 Å². The summed E-state index contributed by atoms with van der Waals surface area (Å²) >= 11 is 11.7. The van der Waals surface area contributed by atoms with Crippen molar-refractivity contribution in [2.45, 2.75) is 0 Å². The first-order chi connectivity index (χ1) is 9.22. The molecule has 19 heavy (non-hydrogen) atoms. The second kappa shape index (κ2) is 4.91. The largest absolute Gasteiger partial charge is 0.256 e. The fourth-order valence-corrected chi connectivity index (χ4v) is 1.76. The lowest BCUT2D eigenvalue weighted by Gasteiger charge is -2.03. The molecule has 0 fully saturated rings. The lowest BCUT2D eigenvalue weighted by molar-refractivity contribution is 0.796. The van der Waals surface area contributed by atoms with Crippen LogP contribution in [0.1, 0.15) is 0 Å². The van der Waals surface area contributed by atoms with Gasteiger partial charge in [0.2, 0.25) is 5.28 Å². The molecule has 0 bridgehead atoms. The van der Waals surface area contributed by atoms with Crippen LogP contribution in [0, 0.1) is 0 Å². The van der Waals surface area contributed by atoms with Crippen LogP contribution in [0.25, 0.3) is 17.3 Å². The number of halogens is 2. The van der Waals surface area contributed by atoms with Crippen LogP contribution in [-0.2, 0) is 0 Å². The van der Waals surface area contributed by atoms with Gasteiger partial charge in [0.05, 0.1) is 0 Å². The fourth-order valence-electron chi connectivity index (χ4n) is 1.48. The molecular weight excluding hydrogens is 287 g/mol. The van der Waals surface area contributed by atoms with Crippen molar-refractivity contribution in [2.75, 3.05) is 0 Å². The Hall–Kier alpha value is -2.05. The topological polar surface area (TPSA) is 69.4 Å². The molecular formula is C11H6Cl2N6. The molecule has 0 aliphatic carbocycles. The summed E-state index contributed by atoms with van der Waals surface area (Å²) in [7, 11) is 0. The third-order valence-electron chi connectivity index (χ3n) is 2.32. The van der Waals surface area contributed by atoms with E-state index in [1.165, 1.54) is 17.3 Å². The Kier molecular flexibility index (Phi) is 3.10. The van der Waals surface area contributed by atoms with E-state index in [-0.39, 0.29) is 5.28 Å². The Bertz CT molecular complexity index is 696. The molecule has 94 valence electrons. The first-order valence-electron chi connectivity index (χ1n) is 5.25. The minimum Gasteiger partial charge on any atom is -0.223 e. The van der Waals surface area contributed by atoms with E-state index in [1.807, 2.05) is 0 Å². The second-order valence-electron chi connectivity index (χ2n) is 3.57. The minimum atomic E-state index is 0.0884. The summed E-state index contributed by atoms with van der Waals surface area (Å²) in [5.74, 6) is 0.754. The monoisotopic (exact) mass is 292 g/mol. The summed E-state index contributed by atoms with van der Waals surface area (Å²) in [6.45, 7) is 0. The Balaban J connectivity index is 2.10. The Labute approximate surface area is 118 Å². The highest BCUT2D eigenvalue weighted by atomic mass is 35.5. The summed E-state index contributed by atoms with van der Waals surface area (Å²) in [5.41, 5.74) is 0.787. The molecule has 0 spiro atoms. The molecule has 0 saturated carbocycles. The molecule has 2 heterocycles. The average Bonchev–Trinajstić information content (AvgIpc) is 2.93. The summed E-state index contributed by atoms with van der Waals surface area (Å²) < 4.78 is 1.41. The highest BCUT2D eigenvalue weighted by molar-refractivity contribution is 6.30. The SMILES string of the molecule is Clc1ccc(-c2nc(Cl)nc(-n3cncn3)n2)cc1. The fraction of sp³-hybridized carbons (Fsp3) is 0. The van der Waals surface area contributed by atoms with Gasteiger partial charge in [-0.3, -0.25) is 0 Å². The van der Waals surface area contributed by atoms with Crippen LogP contribution >= 0.6 is 23.2 Å². The third kappa shape index (κ3) is 2.54. The van der Waals surface area contributed by atoms with Gasteiger partial charge in [0.25, 0.3) is 5.95 Å². The van der Waals surface area contributed by atoms with Gasteiger partial charge in [-0.1, -0.05) is 11.6 Å². The Morgan fingerprint density at radius 2 is 1.74 bits per heavy atom. The molecule has 0 aliphatic rings. The van der Waals surface area contributed by atoms with Crippen LogP contribution in [0.2, 0.25) is 10.3 Å². The number of hydrogen-bond donors (Lipinski definition) is 0. The molecule has 2 aromatic heterocycles. The summed E-state index contributed by atoms with van der Waals surface area (Å²) in [4.78, 5) is 16.2. The van der Waals surface area contributed by atoms with Crippen LogP contribution in [0.15, 0.2) is 36.9 Å². The van der Waals surface area contributed by atoms with E-state index >= 15 is 0 Å². The van der Waals surface area contributed by atoms with Crippen molar-refractivity contribution in [3.63, 3.8) is 0 Å². The number of rotatable bonds is 2. The summed E-state index contributed by atoms with van der Waals surface area (Å²) in [6, 6.07) is 7.12. The quantitative estimate of drug-likeness (QED) is 0.725. The Morgan fingerprint density at radius 3 is 2.42 bits per heavy atom. The van der Waals surface area contributed by atoms with E-state index in [4.69, 9.17) is 23.2 Å². The first-order valence-corrected chi connectivity index (χ1v) is 6.00. The third-order valence-corrected chi connectivity index (χ3v) is 2.74. The van der Waals surface area contributed by atoms with Crippen molar-refractivity contribution in [3.05, 3.63) is 47.2 Å². The lowest BCUT2D eigenvalue weighted by atomic mass is 10.2. The summed E-state index contributed by atoms with van der Waals surface area (Å²) in [6.07, 6.45) is 2.87. The van der Waals surface area contributed by atoms with E-state index in [9.17, 15) is 0 Å². The maximum atomic E-state index is 5.90. The molecule has 1 aromatic carbocycles. The van der Waals surface area contributed by atoms with Gasteiger partial charge in [0, 0.05) is 10.6 Å². The molecule has 0 unspecified atom stereocenters. The number of hydrogen-bond acceptors (Lipinski definition) is 5. The van der Waals surface area contributed by atoms with E-state index in [0.29, 0.717) is 16.8 Å². The molecule has 0 N–H and O–H groups in total. The van der Waals surface area contributed by atoms with E-state index in [0.717, 1.165) is 5.56 Å². The van der Waals surface area contributed by atoms with Gasteiger partial charge in [-0.25, -0.2) is 4.98 Å². The van der Waals surface area contributed by atoms with Crippen molar-refractivity contribution < 1.29 is 0 Å². The van der Waals surface area contributed by atoms with Gasteiger partial charge in [0.1, 0.15) is 12.7 Å². The maximum Gasteiger partial charge on any atom is 0.256 e. The first kappa shape index (κ1) is 12.0.